The maximum atomic E-state index is 12.0. The Bertz CT molecular complexity index is 465. The number of carbonyl (C=O) groups excluding carboxylic acids is 1. The molecular formula is C27H52O3. The molecule has 3 unspecified atom stereocenters. The standard InChI is InChI=1S/C27H52O3/c1-22(2)11-7-12-23(3)13-8-14-24(4)15-9-16-25(5)17-10-18-26(29)21-27(6,30)19-20-28/h17,22-24,28,30H,7-16,18-21H2,1-6H3. The zero-order valence-electron chi connectivity index (χ0n) is 21.0. The van der Waals surface area contributed by atoms with Crippen LogP contribution in [0.3, 0.4) is 0 Å². The first kappa shape index (κ1) is 29.3. The van der Waals surface area contributed by atoms with Gasteiger partial charge in [-0.25, -0.2) is 0 Å². The van der Waals surface area contributed by atoms with Crippen LogP contribution in [0.5, 0.6) is 0 Å². The summed E-state index contributed by atoms with van der Waals surface area (Å²) >= 11 is 0. The number of aliphatic hydroxyl groups excluding tert-OH is 1. The van der Waals surface area contributed by atoms with E-state index < -0.39 is 5.60 Å². The van der Waals surface area contributed by atoms with E-state index in [1.807, 2.05) is 0 Å². The Balaban J connectivity index is 3.83. The highest BCUT2D eigenvalue weighted by molar-refractivity contribution is 5.79. The molecule has 3 heteroatoms. The van der Waals surface area contributed by atoms with Gasteiger partial charge in [0.25, 0.3) is 0 Å². The third kappa shape index (κ3) is 18.1. The predicted molar refractivity (Wildman–Crippen MR) is 130 cm³/mol. The van der Waals surface area contributed by atoms with E-state index in [1.165, 1.54) is 56.9 Å². The lowest BCUT2D eigenvalue weighted by Crippen LogP contribution is -2.28. The molecule has 0 spiro atoms. The minimum atomic E-state index is -1.08. The van der Waals surface area contributed by atoms with Gasteiger partial charge in [-0.05, 0) is 57.3 Å². The van der Waals surface area contributed by atoms with Crippen molar-refractivity contribution in [1.82, 2.24) is 0 Å². The smallest absolute Gasteiger partial charge is 0.136 e. The molecule has 0 bridgehead atoms. The molecule has 0 saturated carbocycles. The monoisotopic (exact) mass is 424 g/mol. The fraction of sp³-hybridized carbons (Fsp3) is 0.889. The first-order valence-electron chi connectivity index (χ1n) is 12.6. The summed E-state index contributed by atoms with van der Waals surface area (Å²) in [4.78, 5) is 12.0. The first-order chi connectivity index (χ1) is 14.1. The lowest BCUT2D eigenvalue weighted by Gasteiger charge is -2.20. The minimum absolute atomic E-state index is 0.0737. The molecular weight excluding hydrogens is 372 g/mol. The van der Waals surface area contributed by atoms with Gasteiger partial charge in [-0.15, -0.1) is 0 Å². The van der Waals surface area contributed by atoms with Gasteiger partial charge in [-0.2, -0.15) is 0 Å². The molecule has 0 aromatic rings. The molecule has 178 valence electrons. The summed E-state index contributed by atoms with van der Waals surface area (Å²) in [5.74, 6) is 2.58. The Morgan fingerprint density at radius 2 is 1.43 bits per heavy atom. The van der Waals surface area contributed by atoms with Crippen molar-refractivity contribution in [2.45, 2.75) is 131 Å². The van der Waals surface area contributed by atoms with Crippen molar-refractivity contribution in [1.29, 1.82) is 0 Å². The quantitative estimate of drug-likeness (QED) is 0.215. The molecule has 0 amide bonds. The van der Waals surface area contributed by atoms with Crippen molar-refractivity contribution in [3.8, 4) is 0 Å². The number of carbonyl (C=O) groups is 1. The van der Waals surface area contributed by atoms with Crippen LogP contribution in [-0.4, -0.2) is 28.2 Å². The van der Waals surface area contributed by atoms with E-state index in [4.69, 9.17) is 5.11 Å². The second kappa shape index (κ2) is 17.0. The van der Waals surface area contributed by atoms with E-state index in [-0.39, 0.29) is 25.2 Å². The summed E-state index contributed by atoms with van der Waals surface area (Å²) < 4.78 is 0. The number of rotatable bonds is 19. The number of aliphatic hydroxyl groups is 2. The molecule has 0 fully saturated rings. The van der Waals surface area contributed by atoms with E-state index in [9.17, 15) is 9.90 Å². The van der Waals surface area contributed by atoms with Crippen molar-refractivity contribution in [3.05, 3.63) is 11.6 Å². The molecule has 0 aliphatic heterocycles. The molecule has 0 heterocycles. The lowest BCUT2D eigenvalue weighted by molar-refractivity contribution is -0.123. The minimum Gasteiger partial charge on any atom is -0.396 e. The van der Waals surface area contributed by atoms with E-state index in [1.54, 1.807) is 6.92 Å². The predicted octanol–water partition coefficient (Wildman–Crippen LogP) is 7.24. The van der Waals surface area contributed by atoms with Gasteiger partial charge in [0.1, 0.15) is 5.78 Å². The van der Waals surface area contributed by atoms with E-state index >= 15 is 0 Å². The molecule has 0 aromatic carbocycles. The van der Waals surface area contributed by atoms with Crippen LogP contribution >= 0.6 is 0 Å². The molecule has 30 heavy (non-hydrogen) atoms. The van der Waals surface area contributed by atoms with Crippen LogP contribution in [-0.2, 0) is 4.79 Å². The van der Waals surface area contributed by atoms with Crippen molar-refractivity contribution in [2.75, 3.05) is 6.61 Å². The summed E-state index contributed by atoms with van der Waals surface area (Å²) in [6.07, 6.45) is 15.7. The number of ketones is 1. The summed E-state index contributed by atoms with van der Waals surface area (Å²) in [7, 11) is 0. The van der Waals surface area contributed by atoms with Crippen LogP contribution in [0.1, 0.15) is 125 Å². The zero-order valence-corrected chi connectivity index (χ0v) is 21.0. The van der Waals surface area contributed by atoms with Crippen LogP contribution in [0.4, 0.5) is 0 Å². The van der Waals surface area contributed by atoms with Crippen molar-refractivity contribution in [3.63, 3.8) is 0 Å². The molecule has 3 nitrogen and oxygen atoms in total. The fourth-order valence-corrected chi connectivity index (χ4v) is 4.13. The average molecular weight is 425 g/mol. The highest BCUT2D eigenvalue weighted by Crippen LogP contribution is 2.22. The average Bonchev–Trinajstić information content (AvgIpc) is 2.60. The summed E-state index contributed by atoms with van der Waals surface area (Å²) in [5, 5.41) is 18.9. The second-order valence-electron chi connectivity index (χ2n) is 10.6. The molecule has 3 atom stereocenters. The van der Waals surface area contributed by atoms with Crippen LogP contribution in [0.2, 0.25) is 0 Å². The van der Waals surface area contributed by atoms with Gasteiger partial charge in [-0.1, -0.05) is 84.3 Å². The first-order valence-corrected chi connectivity index (χ1v) is 12.6. The van der Waals surface area contributed by atoms with Crippen LogP contribution in [0, 0.1) is 17.8 Å². The maximum Gasteiger partial charge on any atom is 0.136 e. The Hall–Kier alpha value is -0.670. The summed E-state index contributed by atoms with van der Waals surface area (Å²) in [6.45, 7) is 13.1. The number of Topliss-reactive ketones (excluding diaryl/α,β-unsaturated/α-hetero) is 1. The number of allylic oxidation sites excluding steroid dienone is 2. The van der Waals surface area contributed by atoms with Crippen LogP contribution in [0.15, 0.2) is 11.6 Å². The second-order valence-corrected chi connectivity index (χ2v) is 10.6. The third-order valence-corrected chi connectivity index (χ3v) is 6.28. The Morgan fingerprint density at radius 3 is 1.97 bits per heavy atom. The molecule has 0 radical (unpaired) electrons. The van der Waals surface area contributed by atoms with Gasteiger partial charge in [0.2, 0.25) is 0 Å². The summed E-state index contributed by atoms with van der Waals surface area (Å²) in [5.41, 5.74) is 0.294. The van der Waals surface area contributed by atoms with Gasteiger partial charge in [-0.3, -0.25) is 4.79 Å². The fourth-order valence-electron chi connectivity index (χ4n) is 4.13. The lowest BCUT2D eigenvalue weighted by atomic mass is 9.91. The molecule has 0 aromatic heterocycles. The van der Waals surface area contributed by atoms with Crippen LogP contribution in [0.25, 0.3) is 0 Å². The van der Waals surface area contributed by atoms with Crippen molar-refractivity contribution < 1.29 is 15.0 Å². The third-order valence-electron chi connectivity index (χ3n) is 6.28. The van der Waals surface area contributed by atoms with Crippen molar-refractivity contribution in [2.24, 2.45) is 17.8 Å². The Morgan fingerprint density at radius 1 is 0.900 bits per heavy atom. The van der Waals surface area contributed by atoms with E-state index in [0.717, 1.165) is 30.6 Å². The Labute approximate surface area is 187 Å². The summed E-state index contributed by atoms with van der Waals surface area (Å²) in [6, 6.07) is 0. The molecule has 0 aliphatic rings. The highest BCUT2D eigenvalue weighted by atomic mass is 16.3. The van der Waals surface area contributed by atoms with Gasteiger partial charge in [0, 0.05) is 19.4 Å². The molecule has 2 N–H and O–H groups in total. The largest absolute Gasteiger partial charge is 0.396 e. The molecule has 0 aliphatic carbocycles. The number of hydrogen-bond acceptors (Lipinski definition) is 3. The Kier molecular flexibility index (Phi) is 16.6. The highest BCUT2D eigenvalue weighted by Gasteiger charge is 2.22. The molecule has 0 saturated heterocycles. The van der Waals surface area contributed by atoms with Gasteiger partial charge in [0.15, 0.2) is 0 Å². The maximum absolute atomic E-state index is 12.0. The van der Waals surface area contributed by atoms with Gasteiger partial charge < -0.3 is 10.2 Å². The topological polar surface area (TPSA) is 57.5 Å². The number of hydrogen-bond donors (Lipinski definition) is 2. The normalized spacial score (nSPS) is 16.5. The van der Waals surface area contributed by atoms with Gasteiger partial charge >= 0.3 is 0 Å². The SMILES string of the molecule is CC(=CCCC(=O)CC(C)(O)CCO)CCCC(C)CCCC(C)CCCC(C)C. The molecule has 0 rings (SSSR count). The van der Waals surface area contributed by atoms with Crippen LogP contribution < -0.4 is 0 Å². The van der Waals surface area contributed by atoms with E-state index in [0.29, 0.717) is 6.42 Å². The van der Waals surface area contributed by atoms with E-state index in [2.05, 4.69) is 40.7 Å². The van der Waals surface area contributed by atoms with Crippen molar-refractivity contribution >= 4 is 5.78 Å². The van der Waals surface area contributed by atoms with Gasteiger partial charge in [0.05, 0.1) is 5.60 Å². The zero-order chi connectivity index (χ0) is 23.0.